The van der Waals surface area contributed by atoms with E-state index in [-0.39, 0.29) is 17.2 Å². The summed E-state index contributed by atoms with van der Waals surface area (Å²) in [5.41, 5.74) is 3.38. The van der Waals surface area contributed by atoms with Gasteiger partial charge in [0, 0.05) is 30.0 Å². The predicted octanol–water partition coefficient (Wildman–Crippen LogP) is 4.17. The van der Waals surface area contributed by atoms with Gasteiger partial charge in [-0.05, 0) is 39.0 Å². The Morgan fingerprint density at radius 3 is 2.93 bits per heavy atom. The number of carbonyl (C=O) groups is 1. The lowest BCUT2D eigenvalue weighted by molar-refractivity contribution is -0.00204. The van der Waals surface area contributed by atoms with Crippen molar-refractivity contribution in [2.45, 2.75) is 45.3 Å². The Balaban J connectivity index is 2.09. The van der Waals surface area contributed by atoms with Crippen LogP contribution in [0.1, 0.15) is 33.6 Å². The standard InChI is InChI=1S/C20H28N4O3S/c1-6-28-18(21)16-12-23-22-10-9-17(14(16)2)26-15-8-7-11-24(13-15)19(25)27-20(3,4)5/h6,9-10,12,15,21,23H,1-2,7-8,11,13H2,3-5H3/b16-12+,17-9+,21-18?,22-10-. The van der Waals surface area contributed by atoms with Crippen LogP contribution < -0.4 is 5.43 Å². The zero-order chi connectivity index (χ0) is 20.7. The number of amides is 1. The van der Waals surface area contributed by atoms with Crippen molar-refractivity contribution in [1.29, 1.82) is 5.41 Å². The van der Waals surface area contributed by atoms with E-state index in [2.05, 4.69) is 23.7 Å². The minimum absolute atomic E-state index is 0.187. The highest BCUT2D eigenvalue weighted by molar-refractivity contribution is 8.16. The summed E-state index contributed by atoms with van der Waals surface area (Å²) < 4.78 is 11.6. The number of piperidine rings is 1. The molecule has 0 aromatic heterocycles. The molecule has 2 heterocycles. The van der Waals surface area contributed by atoms with E-state index < -0.39 is 5.60 Å². The van der Waals surface area contributed by atoms with Gasteiger partial charge in [-0.3, -0.25) is 10.8 Å². The molecule has 1 fully saturated rings. The molecule has 0 bridgehead atoms. The first-order valence-electron chi connectivity index (χ1n) is 9.11. The monoisotopic (exact) mass is 404 g/mol. The van der Waals surface area contributed by atoms with Gasteiger partial charge in [-0.15, -0.1) is 0 Å². The highest BCUT2D eigenvalue weighted by atomic mass is 32.2. The van der Waals surface area contributed by atoms with Gasteiger partial charge >= 0.3 is 6.09 Å². The molecule has 0 spiro atoms. The molecular weight excluding hydrogens is 376 g/mol. The molecule has 1 unspecified atom stereocenters. The number of hydrogen-bond donors (Lipinski definition) is 2. The Bertz CT molecular complexity index is 734. The van der Waals surface area contributed by atoms with Crippen LogP contribution in [-0.2, 0) is 9.47 Å². The van der Waals surface area contributed by atoms with Gasteiger partial charge in [-0.1, -0.05) is 24.9 Å². The molecular formula is C20H28N4O3S. The van der Waals surface area contributed by atoms with Crippen LogP contribution in [0.4, 0.5) is 4.79 Å². The normalized spacial score (nSPS) is 25.0. The van der Waals surface area contributed by atoms with Gasteiger partial charge in [-0.2, -0.15) is 5.10 Å². The van der Waals surface area contributed by atoms with E-state index in [0.717, 1.165) is 12.8 Å². The molecule has 8 heteroatoms. The maximum atomic E-state index is 12.4. The van der Waals surface area contributed by atoms with E-state index in [9.17, 15) is 4.79 Å². The van der Waals surface area contributed by atoms with Crippen LogP contribution >= 0.6 is 11.8 Å². The lowest BCUT2D eigenvalue weighted by atomic mass is 10.1. The fourth-order valence-corrected chi connectivity index (χ4v) is 3.21. The fourth-order valence-electron chi connectivity index (χ4n) is 2.74. The van der Waals surface area contributed by atoms with E-state index in [1.807, 2.05) is 20.8 Å². The summed E-state index contributed by atoms with van der Waals surface area (Å²) in [5.74, 6) is 0.530. The molecule has 1 amide bonds. The maximum absolute atomic E-state index is 12.4. The van der Waals surface area contributed by atoms with Gasteiger partial charge in [-0.25, -0.2) is 4.79 Å². The molecule has 2 aliphatic heterocycles. The van der Waals surface area contributed by atoms with E-state index >= 15 is 0 Å². The number of nitrogens with one attached hydrogen (secondary N) is 2. The summed E-state index contributed by atoms with van der Waals surface area (Å²) in [6, 6.07) is 0. The van der Waals surface area contributed by atoms with Crippen molar-refractivity contribution >= 4 is 29.1 Å². The predicted molar refractivity (Wildman–Crippen MR) is 114 cm³/mol. The zero-order valence-electron chi connectivity index (χ0n) is 16.7. The number of ether oxygens (including phenoxy) is 2. The van der Waals surface area contributed by atoms with Gasteiger partial charge in [0.1, 0.15) is 22.5 Å². The van der Waals surface area contributed by atoms with E-state index in [1.54, 1.807) is 28.8 Å². The Morgan fingerprint density at radius 1 is 1.50 bits per heavy atom. The minimum Gasteiger partial charge on any atom is -0.488 e. The van der Waals surface area contributed by atoms with Crippen molar-refractivity contribution in [2.24, 2.45) is 5.10 Å². The first-order chi connectivity index (χ1) is 13.2. The third kappa shape index (κ3) is 6.30. The molecule has 2 N–H and O–H groups in total. The topological polar surface area (TPSA) is 87.0 Å². The second-order valence-corrected chi connectivity index (χ2v) is 8.37. The summed E-state index contributed by atoms with van der Waals surface area (Å²) >= 11 is 1.19. The molecule has 1 atom stereocenters. The number of rotatable bonds is 4. The second-order valence-electron chi connectivity index (χ2n) is 7.40. The van der Waals surface area contributed by atoms with Crippen molar-refractivity contribution in [3.05, 3.63) is 47.7 Å². The Labute approximate surface area is 170 Å². The van der Waals surface area contributed by atoms with Gasteiger partial charge in [0.25, 0.3) is 0 Å². The van der Waals surface area contributed by atoms with Gasteiger partial charge in [0.05, 0.1) is 12.8 Å². The summed E-state index contributed by atoms with van der Waals surface area (Å²) in [4.78, 5) is 14.0. The van der Waals surface area contributed by atoms with Crippen LogP contribution in [0.15, 0.2) is 52.8 Å². The molecule has 2 rings (SSSR count). The molecule has 0 aromatic rings. The molecule has 1 saturated heterocycles. The zero-order valence-corrected chi connectivity index (χ0v) is 17.5. The Hall–Kier alpha value is -2.48. The number of hydrazone groups is 1. The molecule has 0 radical (unpaired) electrons. The van der Waals surface area contributed by atoms with E-state index in [1.165, 1.54) is 11.8 Å². The molecule has 0 aromatic carbocycles. The first kappa shape index (κ1) is 21.8. The van der Waals surface area contributed by atoms with E-state index in [0.29, 0.717) is 30.0 Å². The van der Waals surface area contributed by atoms with Gasteiger partial charge in [0.15, 0.2) is 0 Å². The van der Waals surface area contributed by atoms with Crippen molar-refractivity contribution in [2.75, 3.05) is 13.1 Å². The smallest absolute Gasteiger partial charge is 0.410 e. The third-order valence-electron chi connectivity index (χ3n) is 3.98. The third-order valence-corrected chi connectivity index (χ3v) is 4.60. The Morgan fingerprint density at radius 2 is 2.25 bits per heavy atom. The highest BCUT2D eigenvalue weighted by Gasteiger charge is 2.29. The molecule has 28 heavy (non-hydrogen) atoms. The summed E-state index contributed by atoms with van der Waals surface area (Å²) in [6.07, 6.45) is 6.02. The number of allylic oxidation sites excluding steroid dienone is 2. The first-order valence-corrected chi connectivity index (χ1v) is 9.99. The SMILES string of the molecule is C=CSC(=N)/C1=C/N/N=C\C=C(\OC2CCCN(C(=O)OC(C)(C)C)C2)C1=C. The van der Waals surface area contributed by atoms with Crippen LogP contribution in [0.5, 0.6) is 0 Å². The van der Waals surface area contributed by atoms with Crippen LogP contribution in [-0.4, -0.2) is 47.0 Å². The molecule has 7 nitrogen and oxygen atoms in total. The quantitative estimate of drug-likeness (QED) is 0.542. The van der Waals surface area contributed by atoms with Crippen LogP contribution in [0, 0.1) is 5.41 Å². The number of thioether (sulfide) groups is 1. The fraction of sp³-hybridized carbons (Fsp3) is 0.450. The Kier molecular flexibility index (Phi) is 7.51. The number of hydrogen-bond acceptors (Lipinski definition) is 7. The second kappa shape index (κ2) is 9.64. The van der Waals surface area contributed by atoms with Gasteiger partial charge < -0.3 is 14.4 Å². The van der Waals surface area contributed by atoms with Crippen molar-refractivity contribution in [1.82, 2.24) is 10.3 Å². The summed E-state index contributed by atoms with van der Waals surface area (Å²) in [7, 11) is 0. The van der Waals surface area contributed by atoms with Crippen molar-refractivity contribution < 1.29 is 14.3 Å². The van der Waals surface area contributed by atoms with Gasteiger partial charge in [0.2, 0.25) is 0 Å². The largest absolute Gasteiger partial charge is 0.488 e. The van der Waals surface area contributed by atoms with Crippen molar-refractivity contribution in [3.63, 3.8) is 0 Å². The van der Waals surface area contributed by atoms with Crippen LogP contribution in [0.25, 0.3) is 0 Å². The lowest BCUT2D eigenvalue weighted by Crippen LogP contribution is -2.45. The summed E-state index contributed by atoms with van der Waals surface area (Å²) in [5, 5.41) is 14.1. The average molecular weight is 405 g/mol. The van der Waals surface area contributed by atoms with Crippen molar-refractivity contribution in [3.8, 4) is 0 Å². The lowest BCUT2D eigenvalue weighted by Gasteiger charge is -2.34. The van der Waals surface area contributed by atoms with Crippen LogP contribution in [0.2, 0.25) is 0 Å². The molecule has 0 aliphatic carbocycles. The molecule has 152 valence electrons. The molecule has 0 saturated carbocycles. The average Bonchev–Trinajstić information content (AvgIpc) is 2.60. The highest BCUT2D eigenvalue weighted by Crippen LogP contribution is 2.27. The van der Waals surface area contributed by atoms with E-state index in [4.69, 9.17) is 14.9 Å². The number of likely N-dealkylation sites (tertiary alicyclic amines) is 1. The van der Waals surface area contributed by atoms with Crippen LogP contribution in [0.3, 0.4) is 0 Å². The maximum Gasteiger partial charge on any atom is 0.410 e. The number of nitrogens with zero attached hydrogens (tertiary/aromatic N) is 2. The molecule has 2 aliphatic rings. The number of carbonyl (C=O) groups excluding carboxylic acids is 1. The minimum atomic E-state index is -0.534. The summed E-state index contributed by atoms with van der Waals surface area (Å²) in [6.45, 7) is 14.4.